The van der Waals surface area contributed by atoms with Crippen LogP contribution in [0.4, 0.5) is 18.3 Å². The number of anilines is 1. The molecule has 0 atom stereocenters. The number of piperidine rings is 1. The highest BCUT2D eigenvalue weighted by molar-refractivity contribution is 7.88. The molecule has 1 aliphatic rings. The summed E-state index contributed by atoms with van der Waals surface area (Å²) >= 11 is 1.37. The van der Waals surface area contributed by atoms with Gasteiger partial charge in [-0.2, -0.15) is 17.5 Å². The fourth-order valence-corrected chi connectivity index (χ4v) is 4.54. The zero-order chi connectivity index (χ0) is 17.3. The van der Waals surface area contributed by atoms with E-state index in [4.69, 9.17) is 5.73 Å². The fourth-order valence-electron chi connectivity index (χ4n) is 2.68. The Morgan fingerprint density at radius 3 is 2.42 bits per heavy atom. The molecule has 6 nitrogen and oxygen atoms in total. The molecule has 0 aromatic carbocycles. The van der Waals surface area contributed by atoms with Crippen molar-refractivity contribution < 1.29 is 21.6 Å². The summed E-state index contributed by atoms with van der Waals surface area (Å²) in [6, 6.07) is -0.616. The van der Waals surface area contributed by atoms with Crippen LogP contribution in [0.5, 0.6) is 0 Å². The lowest BCUT2D eigenvalue weighted by Crippen LogP contribution is -2.49. The summed E-state index contributed by atoms with van der Waals surface area (Å²) in [6.45, 7) is 0.264. The SMILES string of the molecule is CS(=O)(=O)N(CC(F)(F)F)C1CCN(Cc2cnc(N)s2)CC1.Cl. The van der Waals surface area contributed by atoms with Gasteiger partial charge in [0.25, 0.3) is 0 Å². The lowest BCUT2D eigenvalue weighted by molar-refractivity contribution is -0.140. The van der Waals surface area contributed by atoms with E-state index in [0.717, 1.165) is 11.1 Å². The van der Waals surface area contributed by atoms with Gasteiger partial charge in [-0.05, 0) is 12.8 Å². The van der Waals surface area contributed by atoms with Crippen LogP contribution in [0.15, 0.2) is 6.20 Å². The van der Waals surface area contributed by atoms with E-state index in [1.54, 1.807) is 6.20 Å². The van der Waals surface area contributed by atoms with E-state index < -0.39 is 28.8 Å². The van der Waals surface area contributed by atoms with Crippen molar-refractivity contribution in [1.29, 1.82) is 0 Å². The van der Waals surface area contributed by atoms with Crippen molar-refractivity contribution >= 4 is 38.9 Å². The molecular formula is C12H20ClF3N4O2S2. The molecule has 0 amide bonds. The second-order valence-electron chi connectivity index (χ2n) is 5.60. The molecule has 1 fully saturated rings. The molecule has 0 spiro atoms. The summed E-state index contributed by atoms with van der Waals surface area (Å²) < 4.78 is 61.8. The Morgan fingerprint density at radius 1 is 1.42 bits per heavy atom. The summed E-state index contributed by atoms with van der Waals surface area (Å²) in [7, 11) is -3.90. The van der Waals surface area contributed by atoms with Crippen LogP contribution in [-0.2, 0) is 16.6 Å². The molecule has 1 aliphatic heterocycles. The Bertz CT molecular complexity index is 630. The summed E-state index contributed by atoms with van der Waals surface area (Å²) in [6.07, 6.45) is -1.29. The van der Waals surface area contributed by atoms with Gasteiger partial charge in [-0.3, -0.25) is 4.90 Å². The molecule has 2 heterocycles. The number of nitrogens with two attached hydrogens (primary N) is 1. The third-order valence-electron chi connectivity index (χ3n) is 3.68. The van der Waals surface area contributed by atoms with E-state index in [1.165, 1.54) is 11.3 Å². The highest BCUT2D eigenvalue weighted by Gasteiger charge is 2.39. The Morgan fingerprint density at radius 2 is 2.00 bits per heavy atom. The normalized spacial score (nSPS) is 17.9. The van der Waals surface area contributed by atoms with Crippen molar-refractivity contribution in [3.05, 3.63) is 11.1 Å². The molecular weight excluding hydrogens is 389 g/mol. The number of thiazole rings is 1. The van der Waals surface area contributed by atoms with E-state index in [2.05, 4.69) is 9.88 Å². The minimum Gasteiger partial charge on any atom is -0.375 e. The number of rotatable bonds is 5. The van der Waals surface area contributed by atoms with Gasteiger partial charge in [-0.1, -0.05) is 0 Å². The van der Waals surface area contributed by atoms with Gasteiger partial charge in [0.05, 0.1) is 6.26 Å². The molecule has 0 radical (unpaired) electrons. The van der Waals surface area contributed by atoms with Crippen LogP contribution >= 0.6 is 23.7 Å². The molecule has 1 saturated heterocycles. The third kappa shape index (κ3) is 6.36. The second kappa shape index (κ2) is 8.17. The number of hydrogen-bond donors (Lipinski definition) is 1. The highest BCUT2D eigenvalue weighted by Crippen LogP contribution is 2.26. The Hall–Kier alpha value is -0.620. The van der Waals surface area contributed by atoms with Crippen LogP contribution in [0.3, 0.4) is 0 Å². The summed E-state index contributed by atoms with van der Waals surface area (Å²) in [5.41, 5.74) is 5.56. The average Bonchev–Trinajstić information content (AvgIpc) is 2.80. The molecule has 0 aliphatic carbocycles. The Labute approximate surface area is 149 Å². The van der Waals surface area contributed by atoms with Gasteiger partial charge >= 0.3 is 6.18 Å². The molecule has 0 bridgehead atoms. The first-order valence-electron chi connectivity index (χ1n) is 7.01. The van der Waals surface area contributed by atoms with Crippen molar-refractivity contribution in [3.63, 3.8) is 0 Å². The van der Waals surface area contributed by atoms with Gasteiger partial charge in [0.1, 0.15) is 6.54 Å². The van der Waals surface area contributed by atoms with Crippen LogP contribution in [0, 0.1) is 0 Å². The van der Waals surface area contributed by atoms with Crippen LogP contribution < -0.4 is 5.73 Å². The number of hydrogen-bond acceptors (Lipinski definition) is 6. The summed E-state index contributed by atoms with van der Waals surface area (Å²) in [4.78, 5) is 7.00. The van der Waals surface area contributed by atoms with Crippen molar-refractivity contribution in [2.24, 2.45) is 0 Å². The Balaban J connectivity index is 0.00000288. The molecule has 0 saturated carbocycles. The minimum absolute atomic E-state index is 0. The average molecular weight is 409 g/mol. The number of sulfonamides is 1. The van der Waals surface area contributed by atoms with Crippen molar-refractivity contribution in [2.45, 2.75) is 31.6 Å². The van der Waals surface area contributed by atoms with Gasteiger partial charge in [-0.15, -0.1) is 23.7 Å². The minimum atomic E-state index is -4.54. The predicted octanol–water partition coefficient (Wildman–Crippen LogP) is 1.94. The number of likely N-dealkylation sites (tertiary alicyclic amines) is 1. The Kier molecular flexibility index (Phi) is 7.29. The molecule has 24 heavy (non-hydrogen) atoms. The summed E-state index contributed by atoms with van der Waals surface area (Å²) in [5.74, 6) is 0. The van der Waals surface area contributed by atoms with E-state index in [1.807, 2.05) is 0 Å². The maximum absolute atomic E-state index is 12.6. The molecule has 0 unspecified atom stereocenters. The largest absolute Gasteiger partial charge is 0.402 e. The highest BCUT2D eigenvalue weighted by atomic mass is 35.5. The van der Waals surface area contributed by atoms with Gasteiger partial charge in [0, 0.05) is 36.8 Å². The van der Waals surface area contributed by atoms with E-state index in [9.17, 15) is 21.6 Å². The monoisotopic (exact) mass is 408 g/mol. The van der Waals surface area contributed by atoms with Gasteiger partial charge in [0.2, 0.25) is 10.0 Å². The lowest BCUT2D eigenvalue weighted by Gasteiger charge is -2.37. The van der Waals surface area contributed by atoms with Gasteiger partial charge in [-0.25, -0.2) is 13.4 Å². The predicted molar refractivity (Wildman–Crippen MR) is 89.7 cm³/mol. The molecule has 2 N–H and O–H groups in total. The maximum Gasteiger partial charge on any atom is 0.402 e. The zero-order valence-corrected chi connectivity index (χ0v) is 15.4. The van der Waals surface area contributed by atoms with Gasteiger partial charge < -0.3 is 5.73 Å². The molecule has 2 rings (SSSR count). The number of aromatic nitrogens is 1. The topological polar surface area (TPSA) is 79.5 Å². The van der Waals surface area contributed by atoms with Crippen LogP contribution in [-0.4, -0.2) is 60.7 Å². The first-order valence-corrected chi connectivity index (χ1v) is 9.67. The molecule has 1 aromatic rings. The van der Waals surface area contributed by atoms with E-state index in [-0.39, 0.29) is 12.4 Å². The van der Waals surface area contributed by atoms with Crippen LogP contribution in [0.25, 0.3) is 0 Å². The molecule has 1 aromatic heterocycles. The quantitative estimate of drug-likeness (QED) is 0.805. The first kappa shape index (κ1) is 21.4. The maximum atomic E-state index is 12.6. The van der Waals surface area contributed by atoms with E-state index in [0.29, 0.717) is 41.9 Å². The van der Waals surface area contributed by atoms with E-state index >= 15 is 0 Å². The van der Waals surface area contributed by atoms with Crippen molar-refractivity contribution in [1.82, 2.24) is 14.2 Å². The second-order valence-corrected chi connectivity index (χ2v) is 8.68. The number of nitrogens with zero attached hydrogens (tertiary/aromatic N) is 3. The number of alkyl halides is 3. The first-order chi connectivity index (χ1) is 10.5. The lowest BCUT2D eigenvalue weighted by atomic mass is 10.0. The number of halogens is 4. The van der Waals surface area contributed by atoms with Crippen LogP contribution in [0.2, 0.25) is 0 Å². The molecule has 12 heteroatoms. The number of nitrogen functional groups attached to an aromatic ring is 1. The third-order valence-corrected chi connectivity index (χ3v) is 5.77. The standard InChI is InChI=1S/C12H19F3N4O2S2.ClH/c1-23(20,21)19(8-12(13,14)15)9-2-4-18(5-3-9)7-10-6-17-11(16)22-10;/h6,9H,2-5,7-8H2,1H3,(H2,16,17);1H. The molecule has 140 valence electrons. The van der Waals surface area contributed by atoms with Crippen LogP contribution in [0.1, 0.15) is 17.7 Å². The summed E-state index contributed by atoms with van der Waals surface area (Å²) in [5, 5.41) is 0.475. The van der Waals surface area contributed by atoms with Crippen molar-refractivity contribution in [3.8, 4) is 0 Å². The van der Waals surface area contributed by atoms with Gasteiger partial charge in [0.15, 0.2) is 5.13 Å². The van der Waals surface area contributed by atoms with Crippen molar-refractivity contribution in [2.75, 3.05) is 31.6 Å². The smallest absolute Gasteiger partial charge is 0.375 e. The fraction of sp³-hybridized carbons (Fsp3) is 0.750. The zero-order valence-electron chi connectivity index (χ0n) is 13.0.